The summed E-state index contributed by atoms with van der Waals surface area (Å²) in [5.74, 6) is 0.164. The maximum Gasteiger partial charge on any atom is 0.214 e. The number of fused-ring (bicyclic) bond motifs is 3. The van der Waals surface area contributed by atoms with Crippen LogP contribution in [0.5, 0.6) is 17.2 Å². The summed E-state index contributed by atoms with van der Waals surface area (Å²) in [6.07, 6.45) is -0.0849. The molecule has 2 aliphatic rings. The number of benzene rings is 3. The molecular formula is C25H22F2N2O3. The molecule has 2 atom stereocenters. The minimum absolute atomic E-state index is 0.130. The molecule has 7 heteroatoms. The van der Waals surface area contributed by atoms with Gasteiger partial charge in [0.2, 0.25) is 6.23 Å². The first-order valence-electron chi connectivity index (χ1n) is 10.5. The van der Waals surface area contributed by atoms with Crippen LogP contribution < -0.4 is 14.2 Å². The number of nitrogens with zero attached hydrogens (tertiary/aromatic N) is 2. The summed E-state index contributed by atoms with van der Waals surface area (Å²) in [5, 5.41) is 6.67. The Bertz CT molecular complexity index is 1180. The second-order valence-corrected chi connectivity index (χ2v) is 7.63. The molecule has 3 aromatic rings. The fourth-order valence-electron chi connectivity index (χ4n) is 4.20. The van der Waals surface area contributed by atoms with E-state index < -0.39 is 17.9 Å². The topological polar surface area (TPSA) is 43.3 Å². The van der Waals surface area contributed by atoms with E-state index in [4.69, 9.17) is 19.3 Å². The number of hydrogen-bond donors (Lipinski definition) is 0. The van der Waals surface area contributed by atoms with Gasteiger partial charge in [0.15, 0.2) is 23.1 Å². The molecule has 3 aromatic carbocycles. The van der Waals surface area contributed by atoms with Crippen LogP contribution in [-0.2, 0) is 0 Å². The molecular weight excluding hydrogens is 414 g/mol. The molecule has 0 spiro atoms. The lowest BCUT2D eigenvalue weighted by Crippen LogP contribution is -2.34. The van der Waals surface area contributed by atoms with E-state index >= 15 is 0 Å². The lowest BCUT2D eigenvalue weighted by Gasteiger charge is -2.38. The zero-order valence-electron chi connectivity index (χ0n) is 17.7. The van der Waals surface area contributed by atoms with Gasteiger partial charge in [0, 0.05) is 17.5 Å². The van der Waals surface area contributed by atoms with Gasteiger partial charge in [0.05, 0.1) is 25.5 Å². The molecule has 5 rings (SSSR count). The molecule has 0 radical (unpaired) electrons. The third-order valence-corrected chi connectivity index (χ3v) is 5.73. The molecule has 0 fully saturated rings. The van der Waals surface area contributed by atoms with Crippen molar-refractivity contribution in [2.24, 2.45) is 5.10 Å². The molecule has 5 nitrogen and oxygen atoms in total. The molecule has 2 heterocycles. The van der Waals surface area contributed by atoms with Gasteiger partial charge in [-0.25, -0.2) is 13.8 Å². The highest BCUT2D eigenvalue weighted by atomic mass is 19.2. The quantitative estimate of drug-likeness (QED) is 0.521. The van der Waals surface area contributed by atoms with Gasteiger partial charge in [-0.3, -0.25) is 0 Å². The van der Waals surface area contributed by atoms with Crippen molar-refractivity contribution in [1.82, 2.24) is 5.01 Å². The lowest BCUT2D eigenvalue weighted by atomic mass is 9.95. The number of methoxy groups -OCH3 is 1. The van der Waals surface area contributed by atoms with Gasteiger partial charge in [-0.15, -0.1) is 0 Å². The van der Waals surface area contributed by atoms with Crippen LogP contribution in [0.2, 0.25) is 0 Å². The zero-order valence-corrected chi connectivity index (χ0v) is 17.7. The van der Waals surface area contributed by atoms with Gasteiger partial charge in [-0.2, -0.15) is 5.10 Å². The van der Waals surface area contributed by atoms with Crippen molar-refractivity contribution in [2.45, 2.75) is 25.6 Å². The summed E-state index contributed by atoms with van der Waals surface area (Å²) in [6.45, 7) is 2.39. The number of ether oxygens (including phenoxy) is 3. The maximum atomic E-state index is 14.1. The Morgan fingerprint density at radius 1 is 1.06 bits per heavy atom. The van der Waals surface area contributed by atoms with Crippen LogP contribution in [-0.4, -0.2) is 24.4 Å². The standard InChI is InChI=1S/C25H22F2N2O3/c1-3-31-23-6-4-5-18-22-14-21(15-7-10-17(30-2)11-8-15)28-29(22)25(32-24(18)23)16-9-12-19(26)20(27)13-16/h4-13,22,25H,3,14H2,1-2H3. The third kappa shape index (κ3) is 3.43. The van der Waals surface area contributed by atoms with E-state index in [1.54, 1.807) is 7.11 Å². The zero-order chi connectivity index (χ0) is 22.2. The summed E-state index contributed by atoms with van der Waals surface area (Å²) in [5.41, 5.74) is 3.27. The molecule has 164 valence electrons. The van der Waals surface area contributed by atoms with Crippen LogP contribution >= 0.6 is 0 Å². The monoisotopic (exact) mass is 436 g/mol. The largest absolute Gasteiger partial charge is 0.497 e. The number of hydrogen-bond acceptors (Lipinski definition) is 5. The van der Waals surface area contributed by atoms with Gasteiger partial charge in [0.1, 0.15) is 5.75 Å². The molecule has 0 aromatic heterocycles. The molecule has 0 bridgehead atoms. The van der Waals surface area contributed by atoms with Crippen LogP contribution in [0.15, 0.2) is 65.8 Å². The average Bonchev–Trinajstić information content (AvgIpc) is 3.27. The van der Waals surface area contributed by atoms with Crippen LogP contribution in [0, 0.1) is 11.6 Å². The smallest absolute Gasteiger partial charge is 0.214 e. The normalized spacial score (nSPS) is 19.0. The number of para-hydroxylation sites is 1. The van der Waals surface area contributed by atoms with Crippen molar-refractivity contribution in [3.8, 4) is 17.2 Å². The van der Waals surface area contributed by atoms with Gasteiger partial charge in [-0.05, 0) is 55.0 Å². The first-order chi connectivity index (χ1) is 15.6. The van der Waals surface area contributed by atoms with Crippen LogP contribution in [0.25, 0.3) is 0 Å². The van der Waals surface area contributed by atoms with Crippen LogP contribution in [0.4, 0.5) is 8.78 Å². The predicted molar refractivity (Wildman–Crippen MR) is 116 cm³/mol. The van der Waals surface area contributed by atoms with Gasteiger partial charge in [-0.1, -0.05) is 18.2 Å². The van der Waals surface area contributed by atoms with E-state index in [1.807, 2.05) is 54.4 Å². The maximum absolute atomic E-state index is 14.1. The highest BCUT2D eigenvalue weighted by molar-refractivity contribution is 6.02. The molecule has 0 saturated heterocycles. The number of hydrazone groups is 1. The Balaban J connectivity index is 1.60. The van der Waals surface area contributed by atoms with E-state index in [-0.39, 0.29) is 6.04 Å². The second kappa shape index (κ2) is 8.15. The molecule has 2 unspecified atom stereocenters. The molecule has 0 amide bonds. The van der Waals surface area contributed by atoms with Gasteiger partial charge in [0.25, 0.3) is 0 Å². The fourth-order valence-corrected chi connectivity index (χ4v) is 4.20. The lowest BCUT2D eigenvalue weighted by molar-refractivity contribution is -0.0214. The Kier molecular flexibility index (Phi) is 5.17. The van der Waals surface area contributed by atoms with Crippen molar-refractivity contribution < 1.29 is 23.0 Å². The molecule has 0 saturated carbocycles. The van der Waals surface area contributed by atoms with E-state index in [9.17, 15) is 8.78 Å². The van der Waals surface area contributed by atoms with E-state index in [0.29, 0.717) is 30.1 Å². The Morgan fingerprint density at radius 3 is 2.59 bits per heavy atom. The first kappa shape index (κ1) is 20.3. The first-order valence-corrected chi connectivity index (χ1v) is 10.5. The number of rotatable bonds is 5. The minimum Gasteiger partial charge on any atom is -0.497 e. The summed E-state index contributed by atoms with van der Waals surface area (Å²) < 4.78 is 45.0. The summed E-state index contributed by atoms with van der Waals surface area (Å²) in [6, 6.07) is 17.1. The van der Waals surface area contributed by atoms with E-state index in [1.165, 1.54) is 6.07 Å². The highest BCUT2D eigenvalue weighted by Crippen LogP contribution is 2.50. The second-order valence-electron chi connectivity index (χ2n) is 7.63. The SMILES string of the molecule is CCOc1cccc2c1OC(c1ccc(F)c(F)c1)N1N=C(c3ccc(OC)cc3)CC21. The minimum atomic E-state index is -0.926. The summed E-state index contributed by atoms with van der Waals surface area (Å²) >= 11 is 0. The third-order valence-electron chi connectivity index (χ3n) is 5.73. The van der Waals surface area contributed by atoms with E-state index in [2.05, 4.69) is 0 Å². The molecule has 0 aliphatic carbocycles. The Morgan fingerprint density at radius 2 is 1.88 bits per heavy atom. The summed E-state index contributed by atoms with van der Waals surface area (Å²) in [4.78, 5) is 0. The van der Waals surface area contributed by atoms with E-state index in [0.717, 1.165) is 34.7 Å². The Labute approximate surface area is 184 Å². The highest BCUT2D eigenvalue weighted by Gasteiger charge is 2.42. The molecule has 0 N–H and O–H groups in total. The van der Waals surface area contributed by atoms with Crippen LogP contribution in [0.3, 0.4) is 0 Å². The summed E-state index contributed by atoms with van der Waals surface area (Å²) in [7, 11) is 1.62. The van der Waals surface area contributed by atoms with Gasteiger partial charge >= 0.3 is 0 Å². The average molecular weight is 436 g/mol. The van der Waals surface area contributed by atoms with Crippen molar-refractivity contribution in [1.29, 1.82) is 0 Å². The molecule has 2 aliphatic heterocycles. The van der Waals surface area contributed by atoms with Crippen molar-refractivity contribution in [3.05, 3.63) is 89.0 Å². The fraction of sp³-hybridized carbons (Fsp3) is 0.240. The van der Waals surface area contributed by atoms with Crippen LogP contribution in [0.1, 0.15) is 42.3 Å². The molecule has 32 heavy (non-hydrogen) atoms. The van der Waals surface area contributed by atoms with Crippen molar-refractivity contribution >= 4 is 5.71 Å². The Hall–Kier alpha value is -3.61. The predicted octanol–water partition coefficient (Wildman–Crippen LogP) is 5.61. The van der Waals surface area contributed by atoms with Crippen molar-refractivity contribution in [3.63, 3.8) is 0 Å². The van der Waals surface area contributed by atoms with Gasteiger partial charge < -0.3 is 14.2 Å². The van der Waals surface area contributed by atoms with Crippen molar-refractivity contribution in [2.75, 3.05) is 13.7 Å². The number of halogens is 2.